The number of hydrogen-bond acceptors (Lipinski definition) is 6. The fourth-order valence-electron chi connectivity index (χ4n) is 2.94. The third kappa shape index (κ3) is 4.43. The lowest BCUT2D eigenvalue weighted by Gasteiger charge is -2.15. The fraction of sp³-hybridized carbons (Fsp3) is 0.227. The third-order valence-corrected chi connectivity index (χ3v) is 4.31. The number of nitrogens with zero attached hydrogens (tertiary/aromatic N) is 3. The third-order valence-electron chi connectivity index (χ3n) is 4.31. The first kappa shape index (κ1) is 20.9. The van der Waals surface area contributed by atoms with Gasteiger partial charge in [-0.05, 0) is 32.9 Å². The molecule has 0 saturated carbocycles. The van der Waals surface area contributed by atoms with Crippen LogP contribution in [-0.2, 0) is 4.74 Å². The van der Waals surface area contributed by atoms with Crippen molar-refractivity contribution >= 4 is 18.1 Å². The van der Waals surface area contributed by atoms with Crippen molar-refractivity contribution in [1.29, 1.82) is 0 Å². The van der Waals surface area contributed by atoms with Crippen molar-refractivity contribution in [3.63, 3.8) is 0 Å². The standard InChI is InChI=1S/C22H22N4O4/c1-4-30-22(29)24-18-12-16(17-10-11-20(28)26(25-17)14(2)3)21(23-19(18)13-27)15-8-6-5-7-9-15/h5-14H,4H2,1-3H3,(H,24,29). The van der Waals surface area contributed by atoms with Gasteiger partial charge in [-0.15, -0.1) is 0 Å². The van der Waals surface area contributed by atoms with Gasteiger partial charge in [0, 0.05) is 17.2 Å². The van der Waals surface area contributed by atoms with E-state index < -0.39 is 6.09 Å². The number of rotatable bonds is 6. The lowest BCUT2D eigenvalue weighted by atomic mass is 10.0. The summed E-state index contributed by atoms with van der Waals surface area (Å²) >= 11 is 0. The van der Waals surface area contributed by atoms with E-state index in [-0.39, 0.29) is 29.6 Å². The van der Waals surface area contributed by atoms with Gasteiger partial charge in [0.05, 0.1) is 29.7 Å². The number of amides is 1. The molecule has 0 atom stereocenters. The molecular formula is C22H22N4O4. The molecule has 0 unspecified atom stereocenters. The normalized spacial score (nSPS) is 10.7. The van der Waals surface area contributed by atoms with E-state index in [2.05, 4.69) is 15.4 Å². The summed E-state index contributed by atoms with van der Waals surface area (Å²) in [5.74, 6) is 0. The summed E-state index contributed by atoms with van der Waals surface area (Å²) in [6.45, 7) is 5.59. The van der Waals surface area contributed by atoms with Gasteiger partial charge in [-0.1, -0.05) is 30.3 Å². The first-order valence-electron chi connectivity index (χ1n) is 9.54. The van der Waals surface area contributed by atoms with Crippen molar-refractivity contribution in [2.75, 3.05) is 11.9 Å². The molecule has 154 valence electrons. The minimum atomic E-state index is -0.694. The number of pyridine rings is 1. The maximum atomic E-state index is 12.1. The van der Waals surface area contributed by atoms with Crippen LogP contribution in [-0.4, -0.2) is 33.8 Å². The van der Waals surface area contributed by atoms with Gasteiger partial charge in [-0.3, -0.25) is 14.9 Å². The highest BCUT2D eigenvalue weighted by molar-refractivity contribution is 5.95. The van der Waals surface area contributed by atoms with Gasteiger partial charge in [0.2, 0.25) is 0 Å². The second-order valence-electron chi connectivity index (χ2n) is 6.74. The molecule has 0 radical (unpaired) electrons. The van der Waals surface area contributed by atoms with Gasteiger partial charge in [-0.2, -0.15) is 5.10 Å². The van der Waals surface area contributed by atoms with Crippen LogP contribution in [0.4, 0.5) is 10.5 Å². The summed E-state index contributed by atoms with van der Waals surface area (Å²) in [4.78, 5) is 40.2. The lowest BCUT2D eigenvalue weighted by molar-refractivity contribution is 0.112. The smallest absolute Gasteiger partial charge is 0.411 e. The number of benzene rings is 1. The molecule has 2 aromatic heterocycles. The number of ether oxygens (including phenoxy) is 1. The van der Waals surface area contributed by atoms with Crippen LogP contribution < -0.4 is 10.9 Å². The summed E-state index contributed by atoms with van der Waals surface area (Å²) in [5, 5.41) is 7.02. The number of carbonyl (C=O) groups excluding carboxylic acids is 2. The molecule has 8 nitrogen and oxygen atoms in total. The molecule has 8 heteroatoms. The van der Waals surface area contributed by atoms with Crippen molar-refractivity contribution in [2.45, 2.75) is 26.8 Å². The second-order valence-corrected chi connectivity index (χ2v) is 6.74. The molecule has 0 spiro atoms. The first-order valence-corrected chi connectivity index (χ1v) is 9.54. The Bertz CT molecular complexity index is 1120. The van der Waals surface area contributed by atoms with Gasteiger partial charge in [0.15, 0.2) is 6.29 Å². The van der Waals surface area contributed by atoms with Gasteiger partial charge < -0.3 is 4.74 Å². The predicted molar refractivity (Wildman–Crippen MR) is 114 cm³/mol. The molecular weight excluding hydrogens is 384 g/mol. The molecule has 0 fully saturated rings. The minimum absolute atomic E-state index is 0.0582. The topological polar surface area (TPSA) is 103 Å². The number of nitrogens with one attached hydrogen (secondary N) is 1. The Morgan fingerprint density at radius 3 is 2.57 bits per heavy atom. The monoisotopic (exact) mass is 406 g/mol. The van der Waals surface area contributed by atoms with E-state index >= 15 is 0 Å². The SMILES string of the molecule is CCOC(=O)Nc1cc(-c2ccc(=O)n(C(C)C)n2)c(-c2ccccc2)nc1C=O. The van der Waals surface area contributed by atoms with E-state index in [1.165, 1.54) is 10.7 Å². The fourth-order valence-corrected chi connectivity index (χ4v) is 2.94. The maximum Gasteiger partial charge on any atom is 0.411 e. The van der Waals surface area contributed by atoms with E-state index in [0.29, 0.717) is 23.2 Å². The first-order chi connectivity index (χ1) is 14.4. The van der Waals surface area contributed by atoms with Crippen molar-refractivity contribution < 1.29 is 14.3 Å². The molecule has 1 aromatic carbocycles. The highest BCUT2D eigenvalue weighted by Crippen LogP contribution is 2.32. The number of hydrogen-bond donors (Lipinski definition) is 1. The van der Waals surface area contributed by atoms with E-state index in [1.807, 2.05) is 44.2 Å². The molecule has 0 saturated heterocycles. The van der Waals surface area contributed by atoms with Crippen LogP contribution in [0, 0.1) is 0 Å². The van der Waals surface area contributed by atoms with Crippen molar-refractivity contribution in [1.82, 2.24) is 14.8 Å². The Hall–Kier alpha value is -3.81. The molecule has 3 aromatic rings. The van der Waals surface area contributed by atoms with Gasteiger partial charge in [0.25, 0.3) is 5.56 Å². The Kier molecular flexibility index (Phi) is 6.36. The van der Waals surface area contributed by atoms with E-state index in [9.17, 15) is 14.4 Å². The highest BCUT2D eigenvalue weighted by Gasteiger charge is 2.18. The zero-order valence-corrected chi connectivity index (χ0v) is 17.0. The summed E-state index contributed by atoms with van der Waals surface area (Å²) in [7, 11) is 0. The van der Waals surface area contributed by atoms with Crippen molar-refractivity contribution in [3.05, 3.63) is 64.6 Å². The quantitative estimate of drug-likeness (QED) is 0.622. The molecule has 0 aliphatic rings. The molecule has 0 aliphatic carbocycles. The second kappa shape index (κ2) is 9.13. The van der Waals surface area contributed by atoms with E-state index in [1.54, 1.807) is 19.1 Å². The summed E-state index contributed by atoms with van der Waals surface area (Å²) in [6, 6.07) is 13.8. The molecule has 0 aliphatic heterocycles. The molecule has 0 bridgehead atoms. The zero-order chi connectivity index (χ0) is 21.7. The largest absolute Gasteiger partial charge is 0.450 e. The molecule has 2 heterocycles. The summed E-state index contributed by atoms with van der Waals surface area (Å²) in [5.41, 5.74) is 2.35. The number of anilines is 1. The highest BCUT2D eigenvalue weighted by atomic mass is 16.5. The van der Waals surface area contributed by atoms with Crippen LogP contribution in [0.15, 0.2) is 53.3 Å². The van der Waals surface area contributed by atoms with Crippen molar-refractivity contribution in [2.24, 2.45) is 0 Å². The average Bonchev–Trinajstić information content (AvgIpc) is 2.74. The molecule has 3 rings (SSSR count). The number of aromatic nitrogens is 3. The Labute approximate surface area is 173 Å². The van der Waals surface area contributed by atoms with Crippen LogP contribution >= 0.6 is 0 Å². The maximum absolute atomic E-state index is 12.1. The van der Waals surface area contributed by atoms with Gasteiger partial charge >= 0.3 is 6.09 Å². The van der Waals surface area contributed by atoms with Gasteiger partial charge in [0.1, 0.15) is 5.69 Å². The van der Waals surface area contributed by atoms with Gasteiger partial charge in [-0.25, -0.2) is 14.5 Å². The number of aldehydes is 1. The van der Waals surface area contributed by atoms with Crippen molar-refractivity contribution in [3.8, 4) is 22.5 Å². The predicted octanol–water partition coefficient (Wildman–Crippen LogP) is 3.93. The summed E-state index contributed by atoms with van der Waals surface area (Å²) < 4.78 is 6.29. The molecule has 1 amide bonds. The number of carbonyl (C=O) groups is 2. The Balaban J connectivity index is 2.25. The lowest BCUT2D eigenvalue weighted by Crippen LogP contribution is -2.24. The van der Waals surface area contributed by atoms with E-state index in [4.69, 9.17) is 4.74 Å². The summed E-state index contributed by atoms with van der Waals surface area (Å²) in [6.07, 6.45) is -0.124. The molecule has 30 heavy (non-hydrogen) atoms. The Morgan fingerprint density at radius 1 is 1.20 bits per heavy atom. The van der Waals surface area contributed by atoms with E-state index in [0.717, 1.165) is 5.56 Å². The van der Waals surface area contributed by atoms with Crippen LogP contribution in [0.25, 0.3) is 22.5 Å². The average molecular weight is 406 g/mol. The van der Waals surface area contributed by atoms with Crippen LogP contribution in [0.3, 0.4) is 0 Å². The van der Waals surface area contributed by atoms with Crippen LogP contribution in [0.2, 0.25) is 0 Å². The molecule has 1 N–H and O–H groups in total. The minimum Gasteiger partial charge on any atom is -0.450 e. The Morgan fingerprint density at radius 2 is 1.93 bits per heavy atom. The van der Waals surface area contributed by atoms with Crippen LogP contribution in [0.1, 0.15) is 37.3 Å². The zero-order valence-electron chi connectivity index (χ0n) is 17.0. The van der Waals surface area contributed by atoms with Crippen LogP contribution in [0.5, 0.6) is 0 Å².